The molecule has 0 bridgehead atoms. The molecule has 0 spiro atoms. The molecule has 0 unspecified atom stereocenters. The van der Waals surface area contributed by atoms with Crippen LogP contribution in [-0.4, -0.2) is 38.6 Å². The summed E-state index contributed by atoms with van der Waals surface area (Å²) in [5.74, 6) is 0. The van der Waals surface area contributed by atoms with Gasteiger partial charge in [-0.05, 0) is 76.5 Å². The zero-order valence-electron chi connectivity index (χ0n) is 12.1. The van der Waals surface area contributed by atoms with Crippen LogP contribution in [0.4, 0.5) is 5.69 Å². The first kappa shape index (κ1) is 13.4. The van der Waals surface area contributed by atoms with Crippen LogP contribution in [0.2, 0.25) is 0 Å². The second kappa shape index (κ2) is 6.24. The summed E-state index contributed by atoms with van der Waals surface area (Å²) in [6.07, 6.45) is 5.15. The van der Waals surface area contributed by atoms with Crippen molar-refractivity contribution in [3.05, 3.63) is 29.3 Å². The second-order valence-electron chi connectivity index (χ2n) is 5.71. The largest absolute Gasteiger partial charge is 0.372 e. The van der Waals surface area contributed by atoms with E-state index in [9.17, 15) is 0 Å². The van der Waals surface area contributed by atoms with Crippen molar-refractivity contribution in [1.82, 2.24) is 4.90 Å². The van der Waals surface area contributed by atoms with Crippen molar-refractivity contribution in [2.75, 3.05) is 38.6 Å². The molecule has 2 rings (SSSR count). The summed E-state index contributed by atoms with van der Waals surface area (Å²) < 4.78 is 0. The zero-order valence-corrected chi connectivity index (χ0v) is 12.1. The number of hydrogen-bond acceptors (Lipinski definition) is 2. The molecule has 1 aliphatic heterocycles. The van der Waals surface area contributed by atoms with Gasteiger partial charge < -0.3 is 9.80 Å². The molecule has 2 nitrogen and oxygen atoms in total. The predicted octanol–water partition coefficient (Wildman–Crippen LogP) is 3.09. The number of nitrogens with zero attached hydrogens (tertiary/aromatic N) is 2. The van der Waals surface area contributed by atoms with Crippen LogP contribution in [0.3, 0.4) is 0 Å². The maximum atomic E-state index is 2.51. The molecule has 0 atom stereocenters. The lowest BCUT2D eigenvalue weighted by atomic mass is 10.0. The van der Waals surface area contributed by atoms with E-state index in [1.54, 1.807) is 0 Å². The van der Waals surface area contributed by atoms with Gasteiger partial charge in [0.15, 0.2) is 0 Å². The van der Waals surface area contributed by atoms with E-state index in [0.717, 1.165) is 0 Å². The monoisotopic (exact) mass is 246 g/mol. The molecule has 0 N–H and O–H groups in total. The molecule has 1 aromatic rings. The van der Waals surface area contributed by atoms with Gasteiger partial charge in [-0.1, -0.05) is 6.07 Å². The lowest BCUT2D eigenvalue weighted by Crippen LogP contribution is -2.17. The van der Waals surface area contributed by atoms with Crippen LogP contribution in [0.1, 0.15) is 30.4 Å². The van der Waals surface area contributed by atoms with E-state index in [1.165, 1.54) is 62.1 Å². The molecule has 1 fully saturated rings. The van der Waals surface area contributed by atoms with Crippen molar-refractivity contribution in [2.24, 2.45) is 0 Å². The summed E-state index contributed by atoms with van der Waals surface area (Å²) in [5.41, 5.74) is 4.39. The van der Waals surface area contributed by atoms with Gasteiger partial charge in [-0.3, -0.25) is 0 Å². The van der Waals surface area contributed by atoms with E-state index in [-0.39, 0.29) is 0 Å². The van der Waals surface area contributed by atoms with Gasteiger partial charge in [0.25, 0.3) is 0 Å². The minimum atomic E-state index is 1.17. The lowest BCUT2D eigenvalue weighted by molar-refractivity contribution is 0.400. The topological polar surface area (TPSA) is 6.48 Å². The first-order chi connectivity index (χ1) is 8.66. The van der Waals surface area contributed by atoms with Crippen molar-refractivity contribution >= 4 is 5.69 Å². The number of anilines is 1. The third-order valence-corrected chi connectivity index (χ3v) is 3.85. The fourth-order valence-electron chi connectivity index (χ4n) is 2.72. The Hall–Kier alpha value is -1.02. The Kier molecular flexibility index (Phi) is 4.65. The van der Waals surface area contributed by atoms with Gasteiger partial charge in [0.2, 0.25) is 0 Å². The Morgan fingerprint density at radius 1 is 1.17 bits per heavy atom. The molecule has 0 radical (unpaired) electrons. The Morgan fingerprint density at radius 3 is 2.50 bits per heavy atom. The Balaban J connectivity index is 1.96. The average molecular weight is 246 g/mol. The fraction of sp³-hybridized carbons (Fsp3) is 0.625. The van der Waals surface area contributed by atoms with Gasteiger partial charge in [0, 0.05) is 18.8 Å². The third kappa shape index (κ3) is 3.49. The van der Waals surface area contributed by atoms with E-state index >= 15 is 0 Å². The SMILES string of the molecule is Cc1cc(N2CCCC2)ccc1CCCN(C)C. The Bertz CT molecular complexity index is 379. The Labute approximate surface area is 112 Å². The van der Waals surface area contributed by atoms with E-state index < -0.39 is 0 Å². The van der Waals surface area contributed by atoms with Gasteiger partial charge in [0.05, 0.1) is 0 Å². The van der Waals surface area contributed by atoms with E-state index in [0.29, 0.717) is 0 Å². The maximum absolute atomic E-state index is 2.51. The highest BCUT2D eigenvalue weighted by atomic mass is 15.1. The highest BCUT2D eigenvalue weighted by Gasteiger charge is 2.12. The predicted molar refractivity (Wildman–Crippen MR) is 79.5 cm³/mol. The van der Waals surface area contributed by atoms with Crippen molar-refractivity contribution in [3.63, 3.8) is 0 Å². The highest BCUT2D eigenvalue weighted by molar-refractivity contribution is 5.51. The average Bonchev–Trinajstić information content (AvgIpc) is 2.84. The highest BCUT2D eigenvalue weighted by Crippen LogP contribution is 2.23. The molecule has 100 valence electrons. The zero-order chi connectivity index (χ0) is 13.0. The minimum Gasteiger partial charge on any atom is -0.372 e. The summed E-state index contributed by atoms with van der Waals surface area (Å²) in [6.45, 7) is 5.90. The molecule has 1 aliphatic rings. The number of hydrogen-bond donors (Lipinski definition) is 0. The van der Waals surface area contributed by atoms with Gasteiger partial charge in [-0.2, -0.15) is 0 Å². The number of benzene rings is 1. The molecule has 1 saturated heterocycles. The summed E-state index contributed by atoms with van der Waals surface area (Å²) in [4.78, 5) is 4.77. The fourth-order valence-corrected chi connectivity index (χ4v) is 2.72. The van der Waals surface area contributed by atoms with Crippen LogP contribution in [0.15, 0.2) is 18.2 Å². The molecular formula is C16H26N2. The number of aryl methyl sites for hydroxylation is 2. The third-order valence-electron chi connectivity index (χ3n) is 3.85. The molecule has 0 amide bonds. The van der Waals surface area contributed by atoms with Crippen molar-refractivity contribution < 1.29 is 0 Å². The van der Waals surface area contributed by atoms with E-state index in [1.807, 2.05) is 0 Å². The number of rotatable bonds is 5. The second-order valence-corrected chi connectivity index (χ2v) is 5.71. The van der Waals surface area contributed by atoms with Gasteiger partial charge in [-0.15, -0.1) is 0 Å². The molecule has 18 heavy (non-hydrogen) atoms. The van der Waals surface area contributed by atoms with Gasteiger partial charge in [-0.25, -0.2) is 0 Å². The Morgan fingerprint density at radius 2 is 1.89 bits per heavy atom. The first-order valence-corrected chi connectivity index (χ1v) is 7.16. The van der Waals surface area contributed by atoms with Crippen molar-refractivity contribution in [1.29, 1.82) is 0 Å². The smallest absolute Gasteiger partial charge is 0.0369 e. The van der Waals surface area contributed by atoms with Crippen LogP contribution >= 0.6 is 0 Å². The van der Waals surface area contributed by atoms with Gasteiger partial charge in [0.1, 0.15) is 0 Å². The standard InChI is InChI=1S/C16H26N2/c1-14-13-16(18-11-4-5-12-18)9-8-15(14)7-6-10-17(2)3/h8-9,13H,4-7,10-12H2,1-3H3. The van der Waals surface area contributed by atoms with E-state index in [4.69, 9.17) is 0 Å². The first-order valence-electron chi connectivity index (χ1n) is 7.16. The molecule has 0 aromatic heterocycles. The molecule has 0 aliphatic carbocycles. The normalized spacial score (nSPS) is 15.7. The molecular weight excluding hydrogens is 220 g/mol. The quantitative estimate of drug-likeness (QED) is 0.788. The molecule has 0 saturated carbocycles. The van der Waals surface area contributed by atoms with Crippen LogP contribution < -0.4 is 4.90 Å². The molecule has 2 heteroatoms. The van der Waals surface area contributed by atoms with Crippen LogP contribution in [0, 0.1) is 6.92 Å². The maximum Gasteiger partial charge on any atom is 0.0369 e. The molecule has 1 heterocycles. The summed E-state index contributed by atoms with van der Waals surface area (Å²) in [6, 6.07) is 7.01. The van der Waals surface area contributed by atoms with Crippen molar-refractivity contribution in [2.45, 2.75) is 32.6 Å². The minimum absolute atomic E-state index is 1.17. The van der Waals surface area contributed by atoms with Gasteiger partial charge >= 0.3 is 0 Å². The van der Waals surface area contributed by atoms with Crippen molar-refractivity contribution in [3.8, 4) is 0 Å². The van der Waals surface area contributed by atoms with Crippen LogP contribution in [0.25, 0.3) is 0 Å². The van der Waals surface area contributed by atoms with E-state index in [2.05, 4.69) is 49.0 Å². The summed E-state index contributed by atoms with van der Waals surface area (Å²) >= 11 is 0. The lowest BCUT2D eigenvalue weighted by Gasteiger charge is -2.19. The molecule has 1 aromatic carbocycles. The summed E-state index contributed by atoms with van der Waals surface area (Å²) in [7, 11) is 4.28. The summed E-state index contributed by atoms with van der Waals surface area (Å²) in [5, 5.41) is 0. The van der Waals surface area contributed by atoms with Crippen LogP contribution in [0.5, 0.6) is 0 Å². The van der Waals surface area contributed by atoms with Crippen LogP contribution in [-0.2, 0) is 6.42 Å².